The smallest absolute Gasteiger partial charge is 0.159 e. The molecule has 0 aliphatic heterocycles. The Balaban J connectivity index is 0.000000170. The van der Waals surface area contributed by atoms with Gasteiger partial charge in [-0.2, -0.15) is 0 Å². The van der Waals surface area contributed by atoms with Crippen molar-refractivity contribution in [1.82, 2.24) is 9.13 Å². The summed E-state index contributed by atoms with van der Waals surface area (Å²) in [5.74, 6) is 0. The van der Waals surface area contributed by atoms with Gasteiger partial charge in [0.15, 0.2) is 5.58 Å². The first-order chi connectivity index (χ1) is 30.6. The number of furan rings is 1. The fourth-order valence-corrected chi connectivity index (χ4v) is 8.84. The first kappa shape index (κ1) is 38.3. The van der Waals surface area contributed by atoms with E-state index in [0.717, 1.165) is 34.5 Å². The van der Waals surface area contributed by atoms with Crippen LogP contribution in [0.15, 0.2) is 222 Å². The van der Waals surface area contributed by atoms with Crippen LogP contribution in [0.1, 0.15) is 16.7 Å². The summed E-state index contributed by atoms with van der Waals surface area (Å²) in [6.07, 6.45) is 0. The van der Waals surface area contributed by atoms with E-state index in [9.17, 15) is 0 Å². The lowest BCUT2D eigenvalue weighted by Gasteiger charge is -2.14. The van der Waals surface area contributed by atoms with Crippen LogP contribution in [0.3, 0.4) is 0 Å². The number of para-hydroxylation sites is 4. The molecule has 9 aromatic carbocycles. The molecule has 0 unspecified atom stereocenters. The van der Waals surface area contributed by atoms with Crippen LogP contribution in [0, 0.1) is 13.8 Å². The van der Waals surface area contributed by atoms with Gasteiger partial charge in [-0.15, -0.1) is 0 Å². The number of aliphatic imine (C=N–C) groups is 1. The van der Waals surface area contributed by atoms with Crippen molar-refractivity contribution in [3.05, 3.63) is 229 Å². The number of fused-ring (bicyclic) bond motifs is 9. The fourth-order valence-electron chi connectivity index (χ4n) is 8.84. The Bertz CT molecular complexity index is 3410. The zero-order valence-corrected chi connectivity index (χ0v) is 34.9. The van der Waals surface area contributed by atoms with E-state index in [-0.39, 0.29) is 0 Å². The predicted octanol–water partition coefficient (Wildman–Crippen LogP) is 15.6. The first-order valence-electron chi connectivity index (χ1n) is 21.1. The number of rotatable bonds is 5. The maximum atomic E-state index is 6.70. The van der Waals surface area contributed by atoms with Gasteiger partial charge >= 0.3 is 0 Å². The summed E-state index contributed by atoms with van der Waals surface area (Å²) in [6, 6.07) is 74.7. The van der Waals surface area contributed by atoms with Crippen LogP contribution < -0.4 is 0 Å². The molecule has 62 heavy (non-hydrogen) atoms. The molecule has 4 nitrogen and oxygen atoms in total. The third-order valence-corrected chi connectivity index (χ3v) is 11.7. The van der Waals surface area contributed by atoms with Gasteiger partial charge in [-0.3, -0.25) is 4.99 Å². The molecular formula is C58H45N3O. The average Bonchev–Trinajstić information content (AvgIpc) is 3.99. The molecule has 0 aliphatic rings. The standard InChI is InChI=1S/C37H24N2O.C13H12.C8H9N/c1-23-11-10-20-35-36(23)29-21-24(38-30-16-6-2-12-25(30)26-13-3-7-17-31(26)38)22-34(37(29)40-35)39-32-18-8-4-14-27(32)28-15-5-9-19-33(28)39;1-11-7-9-13(10-8-11)12-5-3-2-4-6-12;1-9-7-8-5-3-2-4-6-8/h2-22H,1H3;2-10H,1H3;2-6H,1,7H2. The van der Waals surface area contributed by atoms with Gasteiger partial charge in [-0.05, 0) is 85.3 Å². The largest absolute Gasteiger partial charge is 0.454 e. The summed E-state index contributed by atoms with van der Waals surface area (Å²) in [6.45, 7) is 8.41. The van der Waals surface area contributed by atoms with Crippen LogP contribution in [0.5, 0.6) is 0 Å². The molecule has 0 amide bonds. The Morgan fingerprint density at radius 3 is 1.48 bits per heavy atom. The lowest BCUT2D eigenvalue weighted by Crippen LogP contribution is -1.99. The minimum Gasteiger partial charge on any atom is -0.454 e. The summed E-state index contributed by atoms with van der Waals surface area (Å²) >= 11 is 0. The average molecular weight is 800 g/mol. The summed E-state index contributed by atoms with van der Waals surface area (Å²) in [5, 5.41) is 7.28. The molecule has 3 heterocycles. The second-order valence-electron chi connectivity index (χ2n) is 15.7. The van der Waals surface area contributed by atoms with E-state index >= 15 is 0 Å². The molecule has 0 saturated carbocycles. The lowest BCUT2D eigenvalue weighted by molar-refractivity contribution is 0.666. The van der Waals surface area contributed by atoms with E-state index in [1.165, 1.54) is 76.8 Å². The summed E-state index contributed by atoms with van der Waals surface area (Å²) in [4.78, 5) is 3.76. The van der Waals surface area contributed by atoms with E-state index in [1.54, 1.807) is 0 Å². The Morgan fingerprint density at radius 1 is 0.452 bits per heavy atom. The van der Waals surface area contributed by atoms with Crippen LogP contribution in [-0.4, -0.2) is 15.9 Å². The Kier molecular flexibility index (Phi) is 10.2. The number of aromatic nitrogens is 2. The molecule has 0 saturated heterocycles. The highest BCUT2D eigenvalue weighted by Gasteiger charge is 2.21. The number of nitrogens with zero attached hydrogens (tertiary/aromatic N) is 3. The summed E-state index contributed by atoms with van der Waals surface area (Å²) < 4.78 is 11.5. The van der Waals surface area contributed by atoms with Gasteiger partial charge in [-0.1, -0.05) is 175 Å². The normalized spacial score (nSPS) is 11.2. The number of hydrogen-bond acceptors (Lipinski definition) is 2. The number of benzene rings is 9. The SMILES string of the molecule is C=NCc1ccccc1.Cc1ccc(-c2ccccc2)cc1.Cc1cccc2oc3c(-n4c5ccccc5c5ccccc54)cc(-n4c5ccccc5c5ccccc54)cc3c12. The van der Waals surface area contributed by atoms with Crippen LogP contribution >= 0.6 is 0 Å². The van der Waals surface area contributed by atoms with Crippen molar-refractivity contribution in [3.8, 4) is 22.5 Å². The topological polar surface area (TPSA) is 35.4 Å². The maximum Gasteiger partial charge on any atom is 0.159 e. The van der Waals surface area contributed by atoms with Crippen molar-refractivity contribution in [1.29, 1.82) is 0 Å². The highest BCUT2D eigenvalue weighted by Crippen LogP contribution is 2.42. The van der Waals surface area contributed by atoms with Gasteiger partial charge in [0, 0.05) is 38.0 Å². The second-order valence-corrected chi connectivity index (χ2v) is 15.7. The molecule has 0 spiro atoms. The van der Waals surface area contributed by atoms with Crippen molar-refractivity contribution >= 4 is 72.3 Å². The number of hydrogen-bond donors (Lipinski definition) is 0. The monoisotopic (exact) mass is 799 g/mol. The summed E-state index contributed by atoms with van der Waals surface area (Å²) in [5.41, 5.74) is 15.0. The van der Waals surface area contributed by atoms with Gasteiger partial charge in [0.25, 0.3) is 0 Å². The predicted molar refractivity (Wildman–Crippen MR) is 263 cm³/mol. The third-order valence-electron chi connectivity index (χ3n) is 11.7. The molecule has 0 N–H and O–H groups in total. The molecule has 4 heteroatoms. The third kappa shape index (κ3) is 7.02. The first-order valence-corrected chi connectivity index (χ1v) is 21.1. The van der Waals surface area contributed by atoms with Crippen molar-refractivity contribution in [3.63, 3.8) is 0 Å². The minimum atomic E-state index is 0.723. The van der Waals surface area contributed by atoms with Gasteiger partial charge in [0.2, 0.25) is 0 Å². The van der Waals surface area contributed by atoms with Crippen LogP contribution in [0.25, 0.3) is 88.1 Å². The highest BCUT2D eigenvalue weighted by atomic mass is 16.3. The molecule has 12 rings (SSSR count). The van der Waals surface area contributed by atoms with E-state index in [2.05, 4.69) is 211 Å². The Morgan fingerprint density at radius 2 is 0.935 bits per heavy atom. The highest BCUT2D eigenvalue weighted by molar-refractivity contribution is 6.15. The van der Waals surface area contributed by atoms with E-state index in [0.29, 0.717) is 0 Å². The Labute approximate surface area is 361 Å². The fraction of sp³-hybridized carbons (Fsp3) is 0.0517. The molecule has 12 aromatic rings. The minimum absolute atomic E-state index is 0.723. The second kappa shape index (κ2) is 16.6. The number of aryl methyl sites for hydroxylation is 2. The summed E-state index contributed by atoms with van der Waals surface area (Å²) in [7, 11) is 0. The molecule has 3 aromatic heterocycles. The van der Waals surface area contributed by atoms with Crippen molar-refractivity contribution in [2.24, 2.45) is 4.99 Å². The molecule has 0 radical (unpaired) electrons. The van der Waals surface area contributed by atoms with Crippen molar-refractivity contribution in [2.75, 3.05) is 0 Å². The van der Waals surface area contributed by atoms with Crippen LogP contribution in [-0.2, 0) is 6.54 Å². The molecule has 298 valence electrons. The Hall–Kier alpha value is -7.95. The van der Waals surface area contributed by atoms with E-state index < -0.39 is 0 Å². The van der Waals surface area contributed by atoms with Gasteiger partial charge in [0.05, 0.1) is 34.3 Å². The quantitative estimate of drug-likeness (QED) is 0.160. The molecule has 0 aliphatic carbocycles. The van der Waals surface area contributed by atoms with Crippen molar-refractivity contribution in [2.45, 2.75) is 20.4 Å². The molecule has 0 atom stereocenters. The molecular weight excluding hydrogens is 755 g/mol. The van der Waals surface area contributed by atoms with Crippen LogP contribution in [0.2, 0.25) is 0 Å². The molecule has 0 fully saturated rings. The van der Waals surface area contributed by atoms with E-state index in [4.69, 9.17) is 4.42 Å². The zero-order chi connectivity index (χ0) is 42.0. The van der Waals surface area contributed by atoms with Gasteiger partial charge in [-0.25, -0.2) is 0 Å². The lowest BCUT2D eigenvalue weighted by atomic mass is 10.0. The van der Waals surface area contributed by atoms with E-state index in [1.807, 2.05) is 36.4 Å². The van der Waals surface area contributed by atoms with Crippen molar-refractivity contribution < 1.29 is 4.42 Å². The molecule has 0 bridgehead atoms. The maximum absolute atomic E-state index is 6.70. The van der Waals surface area contributed by atoms with Gasteiger partial charge < -0.3 is 13.6 Å². The van der Waals surface area contributed by atoms with Crippen LogP contribution in [0.4, 0.5) is 0 Å². The van der Waals surface area contributed by atoms with Gasteiger partial charge in [0.1, 0.15) is 5.58 Å². The zero-order valence-electron chi connectivity index (χ0n) is 34.9.